The Bertz CT molecular complexity index is 854. The topological polar surface area (TPSA) is 72.1 Å². The zero-order chi connectivity index (χ0) is 18.5. The Morgan fingerprint density at radius 3 is 2.73 bits per heavy atom. The van der Waals surface area contributed by atoms with Crippen molar-refractivity contribution in [1.29, 1.82) is 0 Å². The van der Waals surface area contributed by atoms with E-state index in [1.807, 2.05) is 31.2 Å². The molecule has 0 saturated carbocycles. The molecule has 1 aromatic carbocycles. The predicted octanol–water partition coefficient (Wildman–Crippen LogP) is 3.80. The number of rotatable bonds is 5. The molecular formula is C19H18N2O4S. The first-order valence-electron chi connectivity index (χ1n) is 8.12. The molecule has 2 aromatic rings. The van der Waals surface area contributed by atoms with Crippen LogP contribution in [0.5, 0.6) is 0 Å². The van der Waals surface area contributed by atoms with E-state index in [-0.39, 0.29) is 24.0 Å². The van der Waals surface area contributed by atoms with Crippen LogP contribution in [0.4, 0.5) is 5.69 Å². The molecular weight excluding hydrogens is 352 g/mol. The number of carbonyl (C=O) groups is 2. The molecule has 0 spiro atoms. The Morgan fingerprint density at radius 2 is 2.08 bits per heavy atom. The first kappa shape index (κ1) is 18.0. The van der Waals surface area contributed by atoms with Crippen molar-refractivity contribution in [3.05, 3.63) is 65.0 Å². The lowest BCUT2D eigenvalue weighted by Crippen LogP contribution is -2.28. The van der Waals surface area contributed by atoms with Gasteiger partial charge in [-0.2, -0.15) is 0 Å². The van der Waals surface area contributed by atoms with E-state index >= 15 is 0 Å². The van der Waals surface area contributed by atoms with Gasteiger partial charge in [0.25, 0.3) is 5.91 Å². The van der Waals surface area contributed by atoms with Crippen molar-refractivity contribution in [2.45, 2.75) is 20.4 Å². The number of furan rings is 1. The van der Waals surface area contributed by atoms with E-state index in [0.29, 0.717) is 10.9 Å². The van der Waals surface area contributed by atoms with Crippen molar-refractivity contribution in [2.75, 3.05) is 6.61 Å². The summed E-state index contributed by atoms with van der Waals surface area (Å²) in [7, 11) is 0. The summed E-state index contributed by atoms with van der Waals surface area (Å²) in [6.45, 7) is 4.20. The second-order valence-electron chi connectivity index (χ2n) is 5.56. The number of hydrogen-bond acceptors (Lipinski definition) is 6. The highest BCUT2D eigenvalue weighted by atomic mass is 32.2. The average Bonchev–Trinajstić information content (AvgIpc) is 3.22. The smallest absolute Gasteiger partial charge is 0.332 e. The van der Waals surface area contributed by atoms with E-state index in [9.17, 15) is 9.59 Å². The highest BCUT2D eigenvalue weighted by Crippen LogP contribution is 2.34. The zero-order valence-electron chi connectivity index (χ0n) is 14.5. The first-order valence-corrected chi connectivity index (χ1v) is 8.94. The minimum Gasteiger partial charge on any atom is -0.467 e. The lowest BCUT2D eigenvalue weighted by Gasteiger charge is -2.13. The number of aliphatic imine (C=N–C) groups is 1. The van der Waals surface area contributed by atoms with Crippen LogP contribution in [0.2, 0.25) is 0 Å². The van der Waals surface area contributed by atoms with Crippen molar-refractivity contribution in [3.8, 4) is 0 Å². The van der Waals surface area contributed by atoms with E-state index in [0.717, 1.165) is 23.0 Å². The van der Waals surface area contributed by atoms with Crippen LogP contribution in [0.25, 0.3) is 0 Å². The summed E-state index contributed by atoms with van der Waals surface area (Å²) >= 11 is 1.15. The van der Waals surface area contributed by atoms with Crippen molar-refractivity contribution in [1.82, 2.24) is 4.90 Å². The fourth-order valence-corrected chi connectivity index (χ4v) is 3.27. The van der Waals surface area contributed by atoms with Gasteiger partial charge in [-0.25, -0.2) is 9.79 Å². The minimum atomic E-state index is -0.544. The summed E-state index contributed by atoms with van der Waals surface area (Å²) in [5, 5.41) is 0.491. The Balaban J connectivity index is 1.91. The maximum Gasteiger partial charge on any atom is 0.332 e. The van der Waals surface area contributed by atoms with Crippen molar-refractivity contribution < 1.29 is 18.7 Å². The number of esters is 1. The molecule has 7 heteroatoms. The normalized spacial score (nSPS) is 17.3. The highest BCUT2D eigenvalue weighted by molar-refractivity contribution is 8.18. The van der Waals surface area contributed by atoms with Gasteiger partial charge in [-0.1, -0.05) is 17.7 Å². The third-order valence-corrected chi connectivity index (χ3v) is 4.58. The molecule has 3 rings (SSSR count). The van der Waals surface area contributed by atoms with Gasteiger partial charge in [0, 0.05) is 6.08 Å². The summed E-state index contributed by atoms with van der Waals surface area (Å²) in [6.07, 6.45) is 2.76. The van der Waals surface area contributed by atoms with Crippen LogP contribution >= 0.6 is 11.8 Å². The molecule has 1 aliphatic heterocycles. The molecule has 1 aliphatic rings. The van der Waals surface area contributed by atoms with Gasteiger partial charge in [-0.05, 0) is 49.9 Å². The van der Waals surface area contributed by atoms with Crippen LogP contribution in [0.15, 0.2) is 63.1 Å². The Labute approximate surface area is 155 Å². The van der Waals surface area contributed by atoms with E-state index in [1.54, 1.807) is 25.3 Å². The molecule has 6 nitrogen and oxygen atoms in total. The van der Waals surface area contributed by atoms with Gasteiger partial charge in [-0.3, -0.25) is 9.69 Å². The lowest BCUT2D eigenvalue weighted by atomic mass is 10.2. The SMILES string of the molecule is CCOC(=O)/C=C1/SC(=Nc2ccc(C)cc2)N(Cc2ccco2)C1=O. The third kappa shape index (κ3) is 4.23. The molecule has 1 aromatic heterocycles. The van der Waals surface area contributed by atoms with Gasteiger partial charge in [-0.15, -0.1) is 0 Å². The summed E-state index contributed by atoms with van der Waals surface area (Å²) in [4.78, 5) is 30.8. The highest BCUT2D eigenvalue weighted by Gasteiger charge is 2.34. The summed E-state index contributed by atoms with van der Waals surface area (Å²) in [5.41, 5.74) is 1.85. The summed E-state index contributed by atoms with van der Waals surface area (Å²) in [6, 6.07) is 11.2. The molecule has 1 amide bonds. The number of amidine groups is 1. The minimum absolute atomic E-state index is 0.240. The number of carbonyl (C=O) groups excluding carboxylic acids is 2. The molecule has 0 aliphatic carbocycles. The number of hydrogen-bond donors (Lipinski definition) is 0. The zero-order valence-corrected chi connectivity index (χ0v) is 15.3. The van der Waals surface area contributed by atoms with Gasteiger partial charge in [0.15, 0.2) is 5.17 Å². The van der Waals surface area contributed by atoms with Gasteiger partial charge in [0.05, 0.1) is 30.0 Å². The van der Waals surface area contributed by atoms with Crippen LogP contribution in [0.1, 0.15) is 18.2 Å². The molecule has 26 heavy (non-hydrogen) atoms. The van der Waals surface area contributed by atoms with Crippen LogP contribution in [0, 0.1) is 6.92 Å². The number of benzene rings is 1. The van der Waals surface area contributed by atoms with E-state index in [4.69, 9.17) is 9.15 Å². The summed E-state index contributed by atoms with van der Waals surface area (Å²) in [5.74, 6) is -0.212. The van der Waals surface area contributed by atoms with Crippen molar-refractivity contribution in [3.63, 3.8) is 0 Å². The summed E-state index contributed by atoms with van der Waals surface area (Å²) < 4.78 is 10.2. The molecule has 1 saturated heterocycles. The van der Waals surface area contributed by atoms with Gasteiger partial charge in [0.1, 0.15) is 5.76 Å². The fourth-order valence-electron chi connectivity index (χ4n) is 2.31. The quantitative estimate of drug-likeness (QED) is 0.591. The van der Waals surface area contributed by atoms with Crippen molar-refractivity contribution >= 4 is 34.5 Å². The van der Waals surface area contributed by atoms with Gasteiger partial charge < -0.3 is 9.15 Å². The molecule has 134 valence electrons. The first-order chi connectivity index (χ1) is 12.6. The molecule has 0 unspecified atom stereocenters. The Kier molecular flexibility index (Phi) is 5.58. The molecule has 0 radical (unpaired) electrons. The second-order valence-corrected chi connectivity index (χ2v) is 6.57. The Morgan fingerprint density at radius 1 is 1.31 bits per heavy atom. The maximum absolute atomic E-state index is 12.7. The average molecular weight is 370 g/mol. The Hall–Kier alpha value is -2.80. The monoisotopic (exact) mass is 370 g/mol. The van der Waals surface area contributed by atoms with E-state index in [2.05, 4.69) is 4.99 Å². The molecule has 0 bridgehead atoms. The number of aryl methyl sites for hydroxylation is 1. The van der Waals surface area contributed by atoms with Crippen molar-refractivity contribution in [2.24, 2.45) is 4.99 Å². The maximum atomic E-state index is 12.7. The van der Waals surface area contributed by atoms with Crippen LogP contribution < -0.4 is 0 Å². The molecule has 0 atom stereocenters. The number of ether oxygens (including phenoxy) is 1. The molecule has 2 heterocycles. The second kappa shape index (κ2) is 8.05. The standard InChI is InChI=1S/C19H18N2O4S/c1-3-24-17(22)11-16-18(23)21(12-15-5-4-10-25-15)19(26-16)20-14-8-6-13(2)7-9-14/h4-11H,3,12H2,1-2H3/b16-11+,20-19?. The lowest BCUT2D eigenvalue weighted by molar-refractivity contribution is -0.137. The van der Waals surface area contributed by atoms with Gasteiger partial charge >= 0.3 is 5.97 Å². The fraction of sp³-hybridized carbons (Fsp3) is 0.211. The van der Waals surface area contributed by atoms with E-state index in [1.165, 1.54) is 11.0 Å². The van der Waals surface area contributed by atoms with Crippen LogP contribution in [0.3, 0.4) is 0 Å². The number of thioether (sulfide) groups is 1. The number of nitrogens with zero attached hydrogens (tertiary/aromatic N) is 2. The third-order valence-electron chi connectivity index (χ3n) is 3.58. The van der Waals surface area contributed by atoms with Gasteiger partial charge in [0.2, 0.25) is 0 Å². The van der Waals surface area contributed by atoms with E-state index < -0.39 is 5.97 Å². The predicted molar refractivity (Wildman–Crippen MR) is 99.8 cm³/mol. The van der Waals surface area contributed by atoms with Crippen LogP contribution in [-0.2, 0) is 20.9 Å². The van der Waals surface area contributed by atoms with Crippen LogP contribution in [-0.4, -0.2) is 28.6 Å². The number of amides is 1. The molecule has 0 N–H and O–H groups in total. The molecule has 1 fully saturated rings. The largest absolute Gasteiger partial charge is 0.467 e.